The molecule has 146 valence electrons. The molecule has 1 fully saturated rings. The van der Waals surface area contributed by atoms with Gasteiger partial charge >= 0.3 is 0 Å². The van der Waals surface area contributed by atoms with Crippen molar-refractivity contribution < 1.29 is 4.42 Å². The fraction of sp³-hybridized carbons (Fsp3) is 0.333. The highest BCUT2D eigenvalue weighted by molar-refractivity contribution is 6.09. The number of nitrogens with zero attached hydrogens (tertiary/aromatic N) is 1. The summed E-state index contributed by atoms with van der Waals surface area (Å²) in [6, 6.07) is 22.4. The summed E-state index contributed by atoms with van der Waals surface area (Å²) < 4.78 is 6.50. The molecule has 3 unspecified atom stereocenters. The zero-order valence-corrected chi connectivity index (χ0v) is 17.6. The Morgan fingerprint density at radius 3 is 2.41 bits per heavy atom. The second-order valence-corrected chi connectivity index (χ2v) is 9.49. The zero-order valence-electron chi connectivity index (χ0n) is 17.6. The van der Waals surface area contributed by atoms with Crippen LogP contribution in [0.15, 0.2) is 65.1 Å². The van der Waals surface area contributed by atoms with Crippen LogP contribution >= 0.6 is 0 Å². The summed E-state index contributed by atoms with van der Waals surface area (Å²) in [5.74, 6) is 0. The largest absolute Gasteiger partial charge is 0.454 e. The Labute approximate surface area is 172 Å². The average molecular weight is 382 g/mol. The zero-order chi connectivity index (χ0) is 20.0. The van der Waals surface area contributed by atoms with Crippen LogP contribution in [0.4, 0.5) is 5.69 Å². The maximum absolute atomic E-state index is 6.50. The van der Waals surface area contributed by atoms with E-state index in [2.05, 4.69) is 93.3 Å². The van der Waals surface area contributed by atoms with E-state index in [1.54, 1.807) is 0 Å². The molecule has 1 saturated heterocycles. The number of fused-ring (bicyclic) bond motifs is 5. The monoisotopic (exact) mass is 381 g/mol. The van der Waals surface area contributed by atoms with E-state index in [0.717, 1.165) is 11.2 Å². The lowest BCUT2D eigenvalue weighted by atomic mass is 9.56. The first-order chi connectivity index (χ1) is 13.9. The summed E-state index contributed by atoms with van der Waals surface area (Å²) in [6.45, 7) is 9.53. The lowest BCUT2D eigenvalue weighted by Gasteiger charge is -2.63. The van der Waals surface area contributed by atoms with Crippen molar-refractivity contribution in [3.05, 3.63) is 77.4 Å². The van der Waals surface area contributed by atoms with Gasteiger partial charge in [-0.25, -0.2) is 0 Å². The highest BCUT2D eigenvalue weighted by Gasteiger charge is 2.56. The number of anilines is 1. The van der Waals surface area contributed by atoms with E-state index in [1.807, 2.05) is 0 Å². The van der Waals surface area contributed by atoms with Crippen LogP contribution in [0.3, 0.4) is 0 Å². The maximum Gasteiger partial charge on any atom is 0.159 e. The van der Waals surface area contributed by atoms with Crippen LogP contribution in [0.5, 0.6) is 0 Å². The third-order valence-electron chi connectivity index (χ3n) is 8.06. The Morgan fingerprint density at radius 1 is 0.862 bits per heavy atom. The van der Waals surface area contributed by atoms with Crippen molar-refractivity contribution in [2.45, 2.75) is 57.5 Å². The molecule has 4 aromatic rings. The Bertz CT molecular complexity index is 1280. The predicted molar refractivity (Wildman–Crippen MR) is 121 cm³/mol. The molecule has 7 rings (SSSR count). The first kappa shape index (κ1) is 17.1. The molecule has 0 amide bonds. The number of piperidine rings is 1. The van der Waals surface area contributed by atoms with Crippen LogP contribution in [0.25, 0.3) is 21.9 Å². The summed E-state index contributed by atoms with van der Waals surface area (Å²) in [5, 5.41) is 2.42. The minimum atomic E-state index is -0.0220. The predicted octanol–water partition coefficient (Wildman–Crippen LogP) is 7.07. The van der Waals surface area contributed by atoms with Gasteiger partial charge in [-0.2, -0.15) is 0 Å². The van der Waals surface area contributed by atoms with Crippen molar-refractivity contribution in [1.29, 1.82) is 0 Å². The quantitative estimate of drug-likeness (QED) is 0.350. The summed E-state index contributed by atoms with van der Waals surface area (Å²) in [5.41, 5.74) is 7.72. The van der Waals surface area contributed by atoms with E-state index >= 15 is 0 Å². The van der Waals surface area contributed by atoms with Gasteiger partial charge in [0, 0.05) is 22.2 Å². The van der Waals surface area contributed by atoms with Crippen molar-refractivity contribution in [2.24, 2.45) is 0 Å². The van der Waals surface area contributed by atoms with Crippen molar-refractivity contribution >= 4 is 27.6 Å². The van der Waals surface area contributed by atoms with Crippen LogP contribution in [-0.4, -0.2) is 6.04 Å². The van der Waals surface area contributed by atoms with Crippen molar-refractivity contribution in [2.75, 3.05) is 4.90 Å². The normalized spacial score (nSPS) is 28.3. The van der Waals surface area contributed by atoms with Gasteiger partial charge in [0.25, 0.3) is 0 Å². The summed E-state index contributed by atoms with van der Waals surface area (Å²) >= 11 is 0. The van der Waals surface area contributed by atoms with Gasteiger partial charge in [0.2, 0.25) is 0 Å². The number of benzene rings is 3. The first-order valence-electron chi connectivity index (χ1n) is 10.8. The maximum atomic E-state index is 6.50. The minimum absolute atomic E-state index is 0.0220. The van der Waals surface area contributed by atoms with Gasteiger partial charge in [-0.3, -0.25) is 0 Å². The van der Waals surface area contributed by atoms with Crippen molar-refractivity contribution in [3.8, 4) is 0 Å². The van der Waals surface area contributed by atoms with Gasteiger partial charge < -0.3 is 9.32 Å². The molecule has 29 heavy (non-hydrogen) atoms. The highest BCUT2D eigenvalue weighted by atomic mass is 16.3. The molecule has 3 heterocycles. The number of para-hydroxylation sites is 1. The van der Waals surface area contributed by atoms with Gasteiger partial charge in [-0.15, -0.1) is 0 Å². The Balaban J connectivity index is 1.69. The molecule has 2 heteroatoms. The Kier molecular flexibility index (Phi) is 3.22. The highest BCUT2D eigenvalue weighted by Crippen LogP contribution is 2.59. The van der Waals surface area contributed by atoms with E-state index < -0.39 is 0 Å². The van der Waals surface area contributed by atoms with Crippen LogP contribution < -0.4 is 4.90 Å². The summed E-state index contributed by atoms with van der Waals surface area (Å²) in [4.78, 5) is 2.69. The molecule has 2 aliphatic heterocycles. The molecule has 1 aliphatic carbocycles. The third-order valence-corrected chi connectivity index (χ3v) is 8.06. The molecule has 0 spiro atoms. The number of hydrogen-bond acceptors (Lipinski definition) is 2. The average Bonchev–Trinajstić information content (AvgIpc) is 3.11. The standard InChI is InChI=1S/C27H27NO/c1-17-13-14-20-19-9-5-8-12-23(19)29-25(20)24(17)28-18(2)26(3)15-16-27(28,4)22-11-7-6-10-21(22)26/h5-14,18H,15-16H2,1-4H3. The number of furan rings is 1. The lowest BCUT2D eigenvalue weighted by Crippen LogP contribution is -2.65. The fourth-order valence-electron chi connectivity index (χ4n) is 6.23. The topological polar surface area (TPSA) is 16.4 Å². The van der Waals surface area contributed by atoms with Crippen LogP contribution in [-0.2, 0) is 11.0 Å². The van der Waals surface area contributed by atoms with Gasteiger partial charge in [0.05, 0.1) is 11.2 Å². The summed E-state index contributed by atoms with van der Waals surface area (Å²) in [7, 11) is 0. The van der Waals surface area contributed by atoms with Gasteiger partial charge in [0.1, 0.15) is 5.58 Å². The Morgan fingerprint density at radius 2 is 1.59 bits per heavy atom. The molecule has 3 aliphatic rings. The van der Waals surface area contributed by atoms with Crippen molar-refractivity contribution in [3.63, 3.8) is 0 Å². The second-order valence-electron chi connectivity index (χ2n) is 9.49. The smallest absolute Gasteiger partial charge is 0.159 e. The number of hydrogen-bond donors (Lipinski definition) is 0. The number of rotatable bonds is 1. The van der Waals surface area contributed by atoms with Crippen LogP contribution in [0, 0.1) is 6.92 Å². The van der Waals surface area contributed by atoms with Crippen LogP contribution in [0.1, 0.15) is 50.3 Å². The molecule has 3 atom stereocenters. The fourth-order valence-corrected chi connectivity index (χ4v) is 6.23. The molecule has 2 bridgehead atoms. The Hall–Kier alpha value is -2.74. The second kappa shape index (κ2) is 5.44. The van der Waals surface area contributed by atoms with E-state index in [0.29, 0.717) is 6.04 Å². The van der Waals surface area contributed by atoms with Crippen LogP contribution in [0.2, 0.25) is 0 Å². The van der Waals surface area contributed by atoms with Gasteiger partial charge in [0.15, 0.2) is 5.58 Å². The van der Waals surface area contributed by atoms with E-state index in [1.165, 1.54) is 46.0 Å². The van der Waals surface area contributed by atoms with Crippen molar-refractivity contribution in [1.82, 2.24) is 0 Å². The molecule has 1 aromatic heterocycles. The van der Waals surface area contributed by atoms with Gasteiger partial charge in [-0.05, 0) is 56.4 Å². The lowest BCUT2D eigenvalue weighted by molar-refractivity contribution is 0.166. The molecule has 0 saturated carbocycles. The molecule has 0 radical (unpaired) electrons. The molecule has 3 aromatic carbocycles. The third kappa shape index (κ3) is 1.97. The van der Waals surface area contributed by atoms with E-state index in [4.69, 9.17) is 4.42 Å². The molecule has 2 nitrogen and oxygen atoms in total. The number of aryl methyl sites for hydroxylation is 1. The first-order valence-corrected chi connectivity index (χ1v) is 10.8. The SMILES string of the molecule is Cc1ccc2c(oc3ccccc32)c1N1C(C)C2(C)CCC1(C)c1ccccc12. The molecular formula is C27H27NO. The minimum Gasteiger partial charge on any atom is -0.454 e. The molecule has 0 N–H and O–H groups in total. The summed E-state index contributed by atoms with van der Waals surface area (Å²) in [6.07, 6.45) is 2.40. The van der Waals surface area contributed by atoms with Gasteiger partial charge in [-0.1, -0.05) is 61.5 Å². The molecular weight excluding hydrogens is 354 g/mol. The van der Waals surface area contributed by atoms with E-state index in [-0.39, 0.29) is 11.0 Å². The van der Waals surface area contributed by atoms with E-state index in [9.17, 15) is 0 Å².